The van der Waals surface area contributed by atoms with E-state index in [0.717, 1.165) is 5.56 Å². The van der Waals surface area contributed by atoms with Gasteiger partial charge >= 0.3 is 0 Å². The Balaban J connectivity index is 0.00000102. The Bertz CT molecular complexity index is 667. The van der Waals surface area contributed by atoms with Crippen molar-refractivity contribution in [3.63, 3.8) is 0 Å². The van der Waals surface area contributed by atoms with Gasteiger partial charge in [0.1, 0.15) is 5.82 Å². The van der Waals surface area contributed by atoms with Crippen LogP contribution in [-0.4, -0.2) is 0 Å². The Hall–Kier alpha value is -2.08. The van der Waals surface area contributed by atoms with E-state index in [0.29, 0.717) is 5.39 Å². The van der Waals surface area contributed by atoms with Gasteiger partial charge in [-0.05, 0) is 29.7 Å². The fourth-order valence-electron chi connectivity index (χ4n) is 2.12. The third kappa shape index (κ3) is 3.76. The molecule has 0 fully saturated rings. The zero-order chi connectivity index (χ0) is 17.4. The molecule has 0 aromatic heterocycles. The van der Waals surface area contributed by atoms with Gasteiger partial charge in [-0.15, -0.1) is 6.42 Å². The van der Waals surface area contributed by atoms with Crippen molar-refractivity contribution < 1.29 is 8.78 Å². The number of nitrogen functional groups attached to an aromatic ring is 1. The quantitative estimate of drug-likeness (QED) is 0.518. The van der Waals surface area contributed by atoms with Crippen LogP contribution in [0.1, 0.15) is 58.6 Å². The maximum atomic E-state index is 14.0. The van der Waals surface area contributed by atoms with E-state index in [1.807, 2.05) is 41.5 Å². The van der Waals surface area contributed by atoms with Crippen LogP contribution in [-0.2, 0) is 0 Å². The zero-order valence-electron chi connectivity index (χ0n) is 14.2. The minimum atomic E-state index is -0.550. The Labute approximate surface area is 132 Å². The molecular formula is C19H25F2N. The number of nitrogens with two attached hydrogens (primary N) is 1. The van der Waals surface area contributed by atoms with E-state index in [9.17, 15) is 8.78 Å². The minimum Gasteiger partial charge on any atom is -0.396 e. The summed E-state index contributed by atoms with van der Waals surface area (Å²) in [5.74, 6) is 1.30. The summed E-state index contributed by atoms with van der Waals surface area (Å²) in [5, 5.41) is 0.715. The lowest BCUT2D eigenvalue weighted by Crippen LogP contribution is -2.01. The molecule has 0 amide bonds. The first kappa shape index (κ1) is 19.9. The predicted octanol–water partition coefficient (Wildman–Crippen LogP) is 5.86. The van der Waals surface area contributed by atoms with E-state index in [2.05, 4.69) is 5.92 Å². The number of benzene rings is 2. The lowest BCUT2D eigenvalue weighted by molar-refractivity contribution is 0.624. The Morgan fingerprint density at radius 3 is 2.09 bits per heavy atom. The first-order valence-electron chi connectivity index (χ1n) is 7.64. The third-order valence-electron chi connectivity index (χ3n) is 3.01. The number of hydrogen-bond donors (Lipinski definition) is 1. The number of rotatable bonds is 1. The number of anilines is 1. The maximum Gasteiger partial charge on any atom is 0.153 e. The number of hydrogen-bond acceptors (Lipinski definition) is 1. The highest BCUT2D eigenvalue weighted by atomic mass is 19.1. The summed E-state index contributed by atoms with van der Waals surface area (Å²) in [6.45, 7) is 11.9. The van der Waals surface area contributed by atoms with Crippen molar-refractivity contribution in [3.05, 3.63) is 41.0 Å². The average Bonchev–Trinajstić information content (AvgIpc) is 2.54. The van der Waals surface area contributed by atoms with Gasteiger partial charge in [-0.2, -0.15) is 0 Å². The largest absolute Gasteiger partial charge is 0.396 e. The van der Waals surface area contributed by atoms with E-state index in [4.69, 9.17) is 12.2 Å². The van der Waals surface area contributed by atoms with E-state index < -0.39 is 11.6 Å². The Morgan fingerprint density at radius 1 is 1.09 bits per heavy atom. The molecule has 0 atom stereocenters. The van der Waals surface area contributed by atoms with Gasteiger partial charge in [0.15, 0.2) is 5.82 Å². The fraction of sp³-hybridized carbons (Fsp3) is 0.368. The molecule has 2 N–H and O–H groups in total. The smallest absolute Gasteiger partial charge is 0.153 e. The highest BCUT2D eigenvalue weighted by Gasteiger charge is 2.17. The lowest BCUT2D eigenvalue weighted by Gasteiger charge is -2.14. The molecule has 0 radical (unpaired) electrons. The van der Waals surface area contributed by atoms with Gasteiger partial charge in [-0.1, -0.05) is 47.5 Å². The zero-order valence-corrected chi connectivity index (χ0v) is 14.2. The van der Waals surface area contributed by atoms with Crippen LogP contribution in [0.15, 0.2) is 18.2 Å². The molecule has 0 aliphatic rings. The summed E-state index contributed by atoms with van der Waals surface area (Å²) < 4.78 is 27.7. The van der Waals surface area contributed by atoms with Gasteiger partial charge in [0.2, 0.25) is 0 Å². The minimum absolute atomic E-state index is 0.0563. The monoisotopic (exact) mass is 305 g/mol. The van der Waals surface area contributed by atoms with Crippen LogP contribution in [0, 0.1) is 24.0 Å². The number of fused-ring (bicyclic) bond motifs is 1. The van der Waals surface area contributed by atoms with Gasteiger partial charge in [0, 0.05) is 10.8 Å². The molecule has 0 aliphatic heterocycles. The highest BCUT2D eigenvalue weighted by Crippen LogP contribution is 2.34. The van der Waals surface area contributed by atoms with Crippen molar-refractivity contribution in [2.24, 2.45) is 0 Å². The van der Waals surface area contributed by atoms with E-state index in [1.165, 1.54) is 18.2 Å². The molecule has 1 nitrogen and oxygen atoms in total. The summed E-state index contributed by atoms with van der Waals surface area (Å²) in [7, 11) is 0. The molecule has 2 aromatic rings. The predicted molar refractivity (Wildman–Crippen MR) is 93.0 cm³/mol. The van der Waals surface area contributed by atoms with Crippen LogP contribution in [0.4, 0.5) is 14.5 Å². The molecule has 2 aromatic carbocycles. The van der Waals surface area contributed by atoms with E-state index in [-0.39, 0.29) is 22.6 Å². The first-order chi connectivity index (χ1) is 10.5. The van der Waals surface area contributed by atoms with Gasteiger partial charge in [-0.25, -0.2) is 8.78 Å². The van der Waals surface area contributed by atoms with Crippen LogP contribution < -0.4 is 5.73 Å². The second kappa shape index (κ2) is 9.04. The SMILES string of the molecule is C#Cc1c(F)ccc2c(F)c(N)cc(C(C)C)c12.CC.CC. The third-order valence-corrected chi connectivity index (χ3v) is 3.01. The lowest BCUT2D eigenvalue weighted by atomic mass is 9.91. The number of terminal acetylenes is 1. The van der Waals surface area contributed by atoms with Crippen molar-refractivity contribution in [1.29, 1.82) is 0 Å². The molecule has 0 aliphatic carbocycles. The van der Waals surface area contributed by atoms with Crippen LogP contribution >= 0.6 is 0 Å². The normalized spacial score (nSPS) is 9.45. The molecule has 0 saturated heterocycles. The van der Waals surface area contributed by atoms with Gasteiger partial charge in [0.25, 0.3) is 0 Å². The van der Waals surface area contributed by atoms with Crippen LogP contribution in [0.3, 0.4) is 0 Å². The summed E-state index contributed by atoms with van der Waals surface area (Å²) in [6.07, 6.45) is 5.33. The van der Waals surface area contributed by atoms with Gasteiger partial charge in [-0.3, -0.25) is 0 Å². The van der Waals surface area contributed by atoms with Gasteiger partial charge in [0.05, 0.1) is 11.3 Å². The highest BCUT2D eigenvalue weighted by molar-refractivity contribution is 5.94. The summed E-state index contributed by atoms with van der Waals surface area (Å²) in [6, 6.07) is 4.08. The van der Waals surface area contributed by atoms with Crippen LogP contribution in [0.2, 0.25) is 0 Å². The molecule has 0 spiro atoms. The fourth-order valence-corrected chi connectivity index (χ4v) is 2.12. The van der Waals surface area contributed by atoms with Crippen molar-refractivity contribution in [3.8, 4) is 12.3 Å². The van der Waals surface area contributed by atoms with E-state index >= 15 is 0 Å². The molecule has 2 rings (SSSR count). The molecule has 120 valence electrons. The molecular weight excluding hydrogens is 280 g/mol. The number of halogens is 2. The molecule has 0 bridgehead atoms. The van der Waals surface area contributed by atoms with Crippen molar-refractivity contribution >= 4 is 16.5 Å². The van der Waals surface area contributed by atoms with Crippen molar-refractivity contribution in [2.75, 3.05) is 5.73 Å². The summed E-state index contributed by atoms with van der Waals surface area (Å²) >= 11 is 0. The van der Waals surface area contributed by atoms with Crippen LogP contribution in [0.25, 0.3) is 10.8 Å². The molecule has 22 heavy (non-hydrogen) atoms. The standard InChI is InChI=1S/C15H13F2N.2C2H6/c1-4-9-12(16)6-5-10-14(9)11(8(2)3)7-13(18)15(10)17;2*1-2/h1,5-8H,18H2,2-3H3;2*1-2H3. The van der Waals surface area contributed by atoms with Crippen LogP contribution in [0.5, 0.6) is 0 Å². The second-order valence-electron chi connectivity index (χ2n) is 4.51. The molecule has 0 saturated carbocycles. The Morgan fingerprint density at radius 2 is 1.64 bits per heavy atom. The molecule has 0 heterocycles. The van der Waals surface area contributed by atoms with Crippen molar-refractivity contribution in [1.82, 2.24) is 0 Å². The van der Waals surface area contributed by atoms with E-state index in [1.54, 1.807) is 0 Å². The summed E-state index contributed by atoms with van der Waals surface area (Å²) in [5.41, 5.74) is 6.54. The first-order valence-corrected chi connectivity index (χ1v) is 7.64. The summed E-state index contributed by atoms with van der Waals surface area (Å²) in [4.78, 5) is 0. The second-order valence-corrected chi connectivity index (χ2v) is 4.51. The average molecular weight is 305 g/mol. The molecule has 3 heteroatoms. The topological polar surface area (TPSA) is 26.0 Å². The Kier molecular flexibility index (Phi) is 8.19. The maximum absolute atomic E-state index is 14.0. The van der Waals surface area contributed by atoms with Gasteiger partial charge < -0.3 is 5.73 Å². The molecule has 0 unspecified atom stereocenters. The van der Waals surface area contributed by atoms with Crippen molar-refractivity contribution in [2.45, 2.75) is 47.5 Å².